The summed E-state index contributed by atoms with van der Waals surface area (Å²) in [7, 11) is 0. The minimum atomic E-state index is -1.29. The van der Waals surface area contributed by atoms with Gasteiger partial charge in [0.15, 0.2) is 0 Å². The quantitative estimate of drug-likeness (QED) is 0.799. The first-order chi connectivity index (χ1) is 11.8. The highest BCUT2D eigenvalue weighted by Gasteiger charge is 2.24. The number of carbonyl (C=O) groups is 1. The van der Waals surface area contributed by atoms with E-state index in [0.717, 1.165) is 12.0 Å². The molecule has 0 heterocycles. The molecule has 2 unspecified atom stereocenters. The van der Waals surface area contributed by atoms with E-state index in [1.54, 1.807) is 19.1 Å². The second kappa shape index (κ2) is 8.21. The SMILES string of the molecule is CCC(CC(=O)NCC(C)(O)c1ccc(F)cc1)c1ccc(F)cc1. The first-order valence-electron chi connectivity index (χ1n) is 8.32. The lowest BCUT2D eigenvalue weighted by atomic mass is 9.92. The first-order valence-corrected chi connectivity index (χ1v) is 8.32. The molecule has 0 aliphatic carbocycles. The molecule has 2 atom stereocenters. The van der Waals surface area contributed by atoms with Crippen LogP contribution in [0.1, 0.15) is 43.7 Å². The predicted octanol–water partition coefficient (Wildman–Crippen LogP) is 3.87. The Morgan fingerprint density at radius 1 is 1.08 bits per heavy atom. The van der Waals surface area contributed by atoms with Gasteiger partial charge in [0, 0.05) is 6.42 Å². The van der Waals surface area contributed by atoms with Crippen molar-refractivity contribution in [1.29, 1.82) is 0 Å². The topological polar surface area (TPSA) is 49.3 Å². The van der Waals surface area contributed by atoms with Crippen LogP contribution >= 0.6 is 0 Å². The van der Waals surface area contributed by atoms with Crippen molar-refractivity contribution in [2.45, 2.75) is 38.2 Å². The van der Waals surface area contributed by atoms with Gasteiger partial charge in [0.05, 0.1) is 6.54 Å². The predicted molar refractivity (Wildman–Crippen MR) is 93.0 cm³/mol. The normalized spacial score (nSPS) is 14.6. The van der Waals surface area contributed by atoms with Crippen LogP contribution in [0.5, 0.6) is 0 Å². The van der Waals surface area contributed by atoms with Gasteiger partial charge in [-0.25, -0.2) is 8.78 Å². The highest BCUT2D eigenvalue weighted by molar-refractivity contribution is 5.77. The standard InChI is InChI=1S/C20H23F2NO2/c1-3-14(15-4-8-17(21)9-5-15)12-19(24)23-13-20(2,25)16-6-10-18(22)11-7-16/h4-11,14,25H,3,12-13H2,1-2H3,(H,23,24). The van der Waals surface area contributed by atoms with E-state index in [-0.39, 0.29) is 36.4 Å². The molecular formula is C20H23F2NO2. The molecule has 2 aromatic rings. The average Bonchev–Trinajstić information content (AvgIpc) is 2.59. The third-order valence-corrected chi connectivity index (χ3v) is 4.36. The van der Waals surface area contributed by atoms with Gasteiger partial charge in [-0.05, 0) is 54.7 Å². The third-order valence-electron chi connectivity index (χ3n) is 4.36. The Kier molecular flexibility index (Phi) is 6.26. The summed E-state index contributed by atoms with van der Waals surface area (Å²) in [5.74, 6) is -0.901. The molecule has 2 rings (SSSR count). The Morgan fingerprint density at radius 2 is 1.60 bits per heavy atom. The van der Waals surface area contributed by atoms with E-state index in [9.17, 15) is 18.7 Å². The largest absolute Gasteiger partial charge is 0.384 e. The summed E-state index contributed by atoms with van der Waals surface area (Å²) >= 11 is 0. The van der Waals surface area contributed by atoms with Crippen molar-refractivity contribution in [3.8, 4) is 0 Å². The summed E-state index contributed by atoms with van der Waals surface area (Å²) in [5.41, 5.74) is 0.144. The zero-order valence-corrected chi connectivity index (χ0v) is 14.4. The number of aliphatic hydroxyl groups is 1. The van der Waals surface area contributed by atoms with Gasteiger partial charge in [0.25, 0.3) is 0 Å². The summed E-state index contributed by atoms with van der Waals surface area (Å²) in [5, 5.41) is 13.2. The molecular weight excluding hydrogens is 324 g/mol. The Labute approximate surface area is 146 Å². The van der Waals surface area contributed by atoms with Crippen molar-refractivity contribution in [3.63, 3.8) is 0 Å². The fraction of sp³-hybridized carbons (Fsp3) is 0.350. The van der Waals surface area contributed by atoms with Gasteiger partial charge in [-0.3, -0.25) is 4.79 Å². The molecule has 0 aliphatic heterocycles. The van der Waals surface area contributed by atoms with E-state index in [4.69, 9.17) is 0 Å². The Balaban J connectivity index is 1.94. The van der Waals surface area contributed by atoms with Gasteiger partial charge in [-0.15, -0.1) is 0 Å². The van der Waals surface area contributed by atoms with E-state index < -0.39 is 5.60 Å². The fourth-order valence-electron chi connectivity index (χ4n) is 2.71. The summed E-state index contributed by atoms with van der Waals surface area (Å²) in [6, 6.07) is 11.7. The van der Waals surface area contributed by atoms with Crippen LogP contribution < -0.4 is 5.32 Å². The molecule has 25 heavy (non-hydrogen) atoms. The van der Waals surface area contributed by atoms with Crippen molar-refractivity contribution in [2.24, 2.45) is 0 Å². The van der Waals surface area contributed by atoms with Gasteiger partial charge in [0.2, 0.25) is 5.91 Å². The summed E-state index contributed by atoms with van der Waals surface area (Å²) in [4.78, 5) is 12.2. The maximum atomic E-state index is 13.0. The number of rotatable bonds is 7. The summed E-state index contributed by atoms with van der Waals surface area (Å²) in [6.45, 7) is 3.56. The van der Waals surface area contributed by atoms with E-state index in [1.807, 2.05) is 6.92 Å². The number of nitrogens with one attached hydrogen (secondary N) is 1. The molecule has 3 nitrogen and oxygen atoms in total. The molecule has 0 bridgehead atoms. The second-order valence-corrected chi connectivity index (χ2v) is 6.42. The minimum Gasteiger partial charge on any atom is -0.384 e. The lowest BCUT2D eigenvalue weighted by Gasteiger charge is -2.25. The number of carbonyl (C=O) groups excluding carboxylic acids is 1. The van der Waals surface area contributed by atoms with Crippen LogP contribution in [0.4, 0.5) is 8.78 Å². The van der Waals surface area contributed by atoms with Crippen LogP contribution in [-0.2, 0) is 10.4 Å². The molecule has 134 valence electrons. The van der Waals surface area contributed by atoms with Gasteiger partial charge in [-0.2, -0.15) is 0 Å². The molecule has 0 fully saturated rings. The maximum absolute atomic E-state index is 13.0. The molecule has 2 aromatic carbocycles. The van der Waals surface area contributed by atoms with Gasteiger partial charge < -0.3 is 10.4 Å². The van der Waals surface area contributed by atoms with E-state index in [1.165, 1.54) is 36.4 Å². The second-order valence-electron chi connectivity index (χ2n) is 6.42. The molecule has 0 aliphatic rings. The van der Waals surface area contributed by atoms with E-state index in [2.05, 4.69) is 5.32 Å². The lowest BCUT2D eigenvalue weighted by Crippen LogP contribution is -2.39. The highest BCUT2D eigenvalue weighted by Crippen LogP contribution is 2.24. The van der Waals surface area contributed by atoms with Crippen molar-refractivity contribution in [2.75, 3.05) is 6.54 Å². The van der Waals surface area contributed by atoms with Gasteiger partial charge in [0.1, 0.15) is 17.2 Å². The first kappa shape index (κ1) is 19.1. The van der Waals surface area contributed by atoms with Gasteiger partial charge in [-0.1, -0.05) is 31.2 Å². The van der Waals surface area contributed by atoms with Gasteiger partial charge >= 0.3 is 0 Å². The van der Waals surface area contributed by atoms with Crippen molar-refractivity contribution in [1.82, 2.24) is 5.32 Å². The smallest absolute Gasteiger partial charge is 0.220 e. The molecule has 5 heteroatoms. The van der Waals surface area contributed by atoms with Crippen molar-refractivity contribution >= 4 is 5.91 Å². The number of hydrogen-bond donors (Lipinski definition) is 2. The lowest BCUT2D eigenvalue weighted by molar-refractivity contribution is -0.122. The van der Waals surface area contributed by atoms with E-state index >= 15 is 0 Å². The monoisotopic (exact) mass is 347 g/mol. The number of amides is 1. The number of benzene rings is 2. The van der Waals surface area contributed by atoms with Crippen LogP contribution in [0.3, 0.4) is 0 Å². The van der Waals surface area contributed by atoms with Crippen LogP contribution in [0, 0.1) is 11.6 Å². The van der Waals surface area contributed by atoms with E-state index in [0.29, 0.717) is 5.56 Å². The average molecular weight is 347 g/mol. The zero-order chi connectivity index (χ0) is 18.4. The van der Waals surface area contributed by atoms with Crippen molar-refractivity contribution in [3.05, 3.63) is 71.3 Å². The number of hydrogen-bond acceptors (Lipinski definition) is 2. The molecule has 0 spiro atoms. The molecule has 0 radical (unpaired) electrons. The molecule has 1 amide bonds. The van der Waals surface area contributed by atoms with Crippen LogP contribution in [0.25, 0.3) is 0 Å². The highest BCUT2D eigenvalue weighted by atomic mass is 19.1. The molecule has 0 aromatic heterocycles. The Morgan fingerprint density at radius 3 is 2.12 bits per heavy atom. The summed E-state index contributed by atoms with van der Waals surface area (Å²) in [6.07, 6.45) is 0.995. The number of halogens is 2. The zero-order valence-electron chi connectivity index (χ0n) is 14.4. The Bertz CT molecular complexity index is 697. The molecule has 0 saturated heterocycles. The molecule has 0 saturated carbocycles. The third kappa shape index (κ3) is 5.36. The molecule has 2 N–H and O–H groups in total. The van der Waals surface area contributed by atoms with Crippen LogP contribution in [-0.4, -0.2) is 17.6 Å². The van der Waals surface area contributed by atoms with Crippen molar-refractivity contribution < 1.29 is 18.7 Å². The maximum Gasteiger partial charge on any atom is 0.220 e. The summed E-state index contributed by atoms with van der Waals surface area (Å²) < 4.78 is 26.0. The van der Waals surface area contributed by atoms with Crippen LogP contribution in [0.15, 0.2) is 48.5 Å². The Hall–Kier alpha value is -2.27. The minimum absolute atomic E-state index is 0.0172. The fourth-order valence-corrected chi connectivity index (χ4v) is 2.71. The van der Waals surface area contributed by atoms with Crippen LogP contribution in [0.2, 0.25) is 0 Å².